The van der Waals surface area contributed by atoms with Gasteiger partial charge in [-0.3, -0.25) is 14.5 Å². The minimum absolute atomic E-state index is 0.104. The fourth-order valence-electron chi connectivity index (χ4n) is 6.85. The van der Waals surface area contributed by atoms with Gasteiger partial charge in [0.15, 0.2) is 0 Å². The number of nitrogens with zero attached hydrogens (tertiary/aromatic N) is 5. The van der Waals surface area contributed by atoms with E-state index in [1.807, 2.05) is 34.5 Å². The molecule has 1 fully saturated rings. The third kappa shape index (κ3) is 5.66. The molecule has 2 aromatic carbocycles. The number of fused-ring (bicyclic) bond motifs is 1. The van der Waals surface area contributed by atoms with Gasteiger partial charge >= 0.3 is 5.97 Å². The Bertz CT molecular complexity index is 1780. The predicted octanol–water partition coefficient (Wildman–Crippen LogP) is 7.77. The SMILES string of the molecule is CO[C@@H](Cn1cc2c(-c3nn(-c4ccc(C5CCC(C(=O)O)CC5)nc4C)c(C)c3C(C)C)cccc2n1)c1ccccc1. The van der Waals surface area contributed by atoms with Crippen LogP contribution >= 0.6 is 0 Å². The Kier molecular flexibility index (Phi) is 8.36. The van der Waals surface area contributed by atoms with Gasteiger partial charge in [-0.2, -0.15) is 10.2 Å². The number of methoxy groups -OCH3 is 1. The van der Waals surface area contributed by atoms with Gasteiger partial charge in [-0.05, 0) is 69.2 Å². The molecule has 0 amide bonds. The molecular formula is C36H41N5O3. The first-order valence-corrected chi connectivity index (χ1v) is 15.6. The highest BCUT2D eigenvalue weighted by molar-refractivity contribution is 5.94. The van der Waals surface area contributed by atoms with Gasteiger partial charge in [0.05, 0.1) is 35.1 Å². The molecule has 6 rings (SSSR count). The lowest BCUT2D eigenvalue weighted by Gasteiger charge is -2.26. The molecule has 8 nitrogen and oxygen atoms in total. The summed E-state index contributed by atoms with van der Waals surface area (Å²) in [6.45, 7) is 9.22. The van der Waals surface area contributed by atoms with Gasteiger partial charge < -0.3 is 9.84 Å². The highest BCUT2D eigenvalue weighted by Crippen LogP contribution is 2.38. The van der Waals surface area contributed by atoms with Crippen molar-refractivity contribution in [1.82, 2.24) is 24.5 Å². The van der Waals surface area contributed by atoms with Crippen LogP contribution in [0.5, 0.6) is 0 Å². The van der Waals surface area contributed by atoms with Crippen molar-refractivity contribution in [3.63, 3.8) is 0 Å². The number of ether oxygens (including phenoxy) is 1. The Morgan fingerprint density at radius 1 is 0.977 bits per heavy atom. The first kappa shape index (κ1) is 29.8. The fourth-order valence-corrected chi connectivity index (χ4v) is 6.85. The van der Waals surface area contributed by atoms with Crippen LogP contribution in [0.15, 0.2) is 66.9 Å². The van der Waals surface area contributed by atoms with Crippen LogP contribution < -0.4 is 0 Å². The van der Waals surface area contributed by atoms with Gasteiger partial charge in [-0.25, -0.2) is 4.68 Å². The minimum Gasteiger partial charge on any atom is -0.481 e. The largest absolute Gasteiger partial charge is 0.481 e. The lowest BCUT2D eigenvalue weighted by Crippen LogP contribution is -2.21. The number of pyridine rings is 1. The average Bonchev–Trinajstić information content (AvgIpc) is 3.60. The highest BCUT2D eigenvalue weighted by Gasteiger charge is 2.28. The molecule has 8 heteroatoms. The molecule has 1 aliphatic rings. The van der Waals surface area contributed by atoms with Crippen molar-refractivity contribution in [3.05, 3.63) is 95.1 Å². The predicted molar refractivity (Wildman–Crippen MR) is 172 cm³/mol. The summed E-state index contributed by atoms with van der Waals surface area (Å²) in [4.78, 5) is 16.4. The third-order valence-corrected chi connectivity index (χ3v) is 9.20. The summed E-state index contributed by atoms with van der Waals surface area (Å²) in [5.41, 5.74) is 9.31. The molecule has 0 unspecified atom stereocenters. The summed E-state index contributed by atoms with van der Waals surface area (Å²) in [5.74, 6) is -0.346. The molecule has 0 spiro atoms. The topological polar surface area (TPSA) is 95.1 Å². The number of aromatic nitrogens is 5. The number of benzene rings is 2. The van der Waals surface area contributed by atoms with Crippen LogP contribution in [0.3, 0.4) is 0 Å². The summed E-state index contributed by atoms with van der Waals surface area (Å²) < 4.78 is 9.85. The van der Waals surface area contributed by atoms with Crippen LogP contribution in [0.2, 0.25) is 0 Å². The summed E-state index contributed by atoms with van der Waals surface area (Å²) in [6.07, 6.45) is 5.15. The van der Waals surface area contributed by atoms with Gasteiger partial charge in [0.1, 0.15) is 6.10 Å². The van der Waals surface area contributed by atoms with Crippen LogP contribution in [-0.4, -0.2) is 42.7 Å². The molecule has 1 atom stereocenters. The molecule has 1 saturated carbocycles. The number of hydrogen-bond acceptors (Lipinski definition) is 5. The smallest absolute Gasteiger partial charge is 0.306 e. The van der Waals surface area contributed by atoms with Gasteiger partial charge in [-0.15, -0.1) is 0 Å². The molecule has 3 heterocycles. The molecule has 0 bridgehead atoms. The van der Waals surface area contributed by atoms with Gasteiger partial charge in [0.25, 0.3) is 0 Å². The molecule has 44 heavy (non-hydrogen) atoms. The highest BCUT2D eigenvalue weighted by atomic mass is 16.5. The summed E-state index contributed by atoms with van der Waals surface area (Å²) in [6, 6.07) is 20.7. The van der Waals surface area contributed by atoms with Crippen molar-refractivity contribution in [2.24, 2.45) is 5.92 Å². The molecule has 228 valence electrons. The minimum atomic E-state index is -0.678. The molecule has 0 saturated heterocycles. The Morgan fingerprint density at radius 2 is 1.73 bits per heavy atom. The van der Waals surface area contributed by atoms with Gasteiger partial charge in [0, 0.05) is 47.1 Å². The number of rotatable bonds is 9. The molecule has 3 aromatic heterocycles. The van der Waals surface area contributed by atoms with E-state index < -0.39 is 5.97 Å². The van der Waals surface area contributed by atoms with Gasteiger partial charge in [0.2, 0.25) is 0 Å². The van der Waals surface area contributed by atoms with E-state index >= 15 is 0 Å². The van der Waals surface area contributed by atoms with Crippen molar-refractivity contribution < 1.29 is 14.6 Å². The number of hydrogen-bond donors (Lipinski definition) is 1. The zero-order valence-electron chi connectivity index (χ0n) is 26.2. The summed E-state index contributed by atoms with van der Waals surface area (Å²) in [7, 11) is 1.74. The lowest BCUT2D eigenvalue weighted by atomic mass is 9.80. The van der Waals surface area contributed by atoms with E-state index in [-0.39, 0.29) is 17.9 Å². The Morgan fingerprint density at radius 3 is 2.39 bits per heavy atom. The Balaban J connectivity index is 1.34. The van der Waals surface area contributed by atoms with Gasteiger partial charge in [-0.1, -0.05) is 56.3 Å². The Hall–Kier alpha value is -4.30. The number of carboxylic acids is 1. The number of aryl methyl sites for hydroxylation is 1. The maximum absolute atomic E-state index is 11.4. The van der Waals surface area contributed by atoms with E-state index in [1.165, 1.54) is 5.56 Å². The second-order valence-electron chi connectivity index (χ2n) is 12.4. The molecule has 1 aliphatic carbocycles. The average molecular weight is 592 g/mol. The van der Waals surface area contributed by atoms with Crippen molar-refractivity contribution in [2.75, 3.05) is 7.11 Å². The van der Waals surface area contributed by atoms with Crippen molar-refractivity contribution in [2.45, 2.75) is 77.9 Å². The van der Waals surface area contributed by atoms with Crippen LogP contribution in [0.25, 0.3) is 27.8 Å². The summed E-state index contributed by atoms with van der Waals surface area (Å²) in [5, 5.41) is 20.6. The lowest BCUT2D eigenvalue weighted by molar-refractivity contribution is -0.142. The monoisotopic (exact) mass is 591 g/mol. The zero-order chi connectivity index (χ0) is 31.0. The Labute approximate surface area is 258 Å². The quantitative estimate of drug-likeness (QED) is 0.188. The van der Waals surface area contributed by atoms with Crippen LogP contribution in [-0.2, 0) is 16.1 Å². The molecular weight excluding hydrogens is 550 g/mol. The van der Waals surface area contributed by atoms with E-state index in [2.05, 4.69) is 69.4 Å². The van der Waals surface area contributed by atoms with Crippen molar-refractivity contribution >= 4 is 16.9 Å². The number of carbonyl (C=O) groups is 1. The van der Waals surface area contributed by atoms with Crippen molar-refractivity contribution in [3.8, 4) is 16.9 Å². The standard InChI is InChI=1S/C36H41N5O3/c1-22(2)34-24(4)41(32-19-18-30(37-23(32)3)25-14-16-27(17-15-25)36(42)43)39-35(34)28-12-9-13-31-29(28)20-40(38-31)21-33(44-5)26-10-7-6-8-11-26/h6-13,18-20,22,25,27,33H,14-17,21H2,1-5H3,(H,42,43)/t25?,27?,33-/m0/s1. The van der Waals surface area contributed by atoms with E-state index in [1.54, 1.807) is 7.11 Å². The second-order valence-corrected chi connectivity index (χ2v) is 12.4. The molecule has 0 aliphatic heterocycles. The second kappa shape index (κ2) is 12.4. The van der Waals surface area contributed by atoms with Crippen LogP contribution in [0, 0.1) is 19.8 Å². The third-order valence-electron chi connectivity index (χ3n) is 9.20. The molecule has 1 N–H and O–H groups in total. The maximum atomic E-state index is 11.4. The van der Waals surface area contributed by atoms with Crippen LogP contribution in [0.1, 0.15) is 85.7 Å². The zero-order valence-corrected chi connectivity index (χ0v) is 26.2. The van der Waals surface area contributed by atoms with E-state index in [0.29, 0.717) is 25.3 Å². The first-order chi connectivity index (χ1) is 21.2. The van der Waals surface area contributed by atoms with E-state index in [4.69, 9.17) is 19.9 Å². The van der Waals surface area contributed by atoms with Crippen LogP contribution in [0.4, 0.5) is 0 Å². The summed E-state index contributed by atoms with van der Waals surface area (Å²) >= 11 is 0. The molecule has 0 radical (unpaired) electrons. The number of aliphatic carboxylic acids is 1. The van der Waals surface area contributed by atoms with E-state index in [9.17, 15) is 9.90 Å². The first-order valence-electron chi connectivity index (χ1n) is 15.6. The number of carboxylic acid groups (broad SMARTS) is 1. The normalized spacial score (nSPS) is 17.8. The van der Waals surface area contributed by atoms with Crippen molar-refractivity contribution in [1.29, 1.82) is 0 Å². The van der Waals surface area contributed by atoms with E-state index in [0.717, 1.165) is 63.3 Å². The maximum Gasteiger partial charge on any atom is 0.306 e. The fraction of sp³-hybridized carbons (Fsp3) is 0.389. The molecule has 5 aromatic rings.